The maximum absolute atomic E-state index is 12.1. The van der Waals surface area contributed by atoms with Gasteiger partial charge in [-0.1, -0.05) is 18.7 Å². The van der Waals surface area contributed by atoms with E-state index in [-0.39, 0.29) is 18.0 Å². The zero-order chi connectivity index (χ0) is 20.7. The summed E-state index contributed by atoms with van der Waals surface area (Å²) in [4.78, 5) is 12.1. The molecular weight excluding hydrogens is 368 g/mol. The first-order chi connectivity index (χ1) is 14.0. The van der Waals surface area contributed by atoms with Crippen LogP contribution < -0.4 is 14.2 Å². The van der Waals surface area contributed by atoms with Crippen molar-refractivity contribution in [2.45, 2.75) is 39.4 Å². The molecule has 0 unspecified atom stereocenters. The Bertz CT molecular complexity index is 991. The topological polar surface area (TPSA) is 54.0 Å². The first-order valence-corrected chi connectivity index (χ1v) is 9.81. The van der Waals surface area contributed by atoms with Gasteiger partial charge in [0.15, 0.2) is 11.5 Å². The smallest absolute Gasteiger partial charge is 0.334 e. The van der Waals surface area contributed by atoms with E-state index in [0.717, 1.165) is 40.8 Å². The molecule has 5 heteroatoms. The van der Waals surface area contributed by atoms with Gasteiger partial charge in [-0.2, -0.15) is 0 Å². The molecule has 0 saturated carbocycles. The molecule has 1 fully saturated rings. The molecule has 0 spiro atoms. The number of para-hydroxylation sites is 1. The Balaban J connectivity index is 1.67. The second kappa shape index (κ2) is 7.47. The van der Waals surface area contributed by atoms with E-state index < -0.39 is 0 Å². The third-order valence-electron chi connectivity index (χ3n) is 6.09. The van der Waals surface area contributed by atoms with Crippen LogP contribution in [0.4, 0.5) is 0 Å². The van der Waals surface area contributed by atoms with E-state index >= 15 is 0 Å². The molecule has 2 aliphatic rings. The number of hydrogen-bond acceptors (Lipinski definition) is 5. The van der Waals surface area contributed by atoms with E-state index in [9.17, 15) is 4.79 Å². The average Bonchev–Trinajstić information content (AvgIpc) is 3.02. The summed E-state index contributed by atoms with van der Waals surface area (Å²) < 4.78 is 22.8. The molecule has 1 saturated heterocycles. The van der Waals surface area contributed by atoms with Gasteiger partial charge in [0, 0.05) is 22.6 Å². The monoisotopic (exact) mass is 394 g/mol. The van der Waals surface area contributed by atoms with Crippen molar-refractivity contribution in [1.82, 2.24) is 0 Å². The summed E-state index contributed by atoms with van der Waals surface area (Å²) in [6, 6.07) is 7.81. The number of carbonyl (C=O) groups excluding carboxylic acids is 1. The van der Waals surface area contributed by atoms with Crippen molar-refractivity contribution >= 4 is 5.97 Å². The van der Waals surface area contributed by atoms with Crippen molar-refractivity contribution in [1.29, 1.82) is 0 Å². The van der Waals surface area contributed by atoms with Crippen LogP contribution >= 0.6 is 0 Å². The van der Waals surface area contributed by atoms with Crippen molar-refractivity contribution < 1.29 is 23.7 Å². The summed E-state index contributed by atoms with van der Waals surface area (Å²) in [5.74, 6) is 1.91. The maximum atomic E-state index is 12.1. The number of ether oxygens (including phenoxy) is 4. The number of rotatable bonds is 5. The van der Waals surface area contributed by atoms with Gasteiger partial charge in [0.1, 0.15) is 18.5 Å². The highest BCUT2D eigenvalue weighted by Crippen LogP contribution is 2.49. The molecule has 29 heavy (non-hydrogen) atoms. The minimum absolute atomic E-state index is 0.0572. The molecule has 2 aromatic carbocycles. The van der Waals surface area contributed by atoms with Crippen molar-refractivity contribution in [3.63, 3.8) is 0 Å². The Morgan fingerprint density at radius 1 is 1.17 bits per heavy atom. The number of fused-ring (bicyclic) bond motifs is 3. The Hall–Kier alpha value is -2.95. The molecule has 0 amide bonds. The van der Waals surface area contributed by atoms with Gasteiger partial charge in [-0.25, -0.2) is 4.79 Å². The van der Waals surface area contributed by atoms with Gasteiger partial charge in [-0.05, 0) is 55.5 Å². The number of carbonyl (C=O) groups is 1. The molecule has 1 heterocycles. The summed E-state index contributed by atoms with van der Waals surface area (Å²) in [5.41, 5.74) is 6.01. The number of esters is 1. The maximum Gasteiger partial charge on any atom is 0.334 e. The first kappa shape index (κ1) is 19.4. The predicted molar refractivity (Wildman–Crippen MR) is 110 cm³/mol. The van der Waals surface area contributed by atoms with Gasteiger partial charge in [0.05, 0.1) is 14.2 Å². The molecule has 2 aromatic rings. The second-order valence-electron chi connectivity index (χ2n) is 7.65. The van der Waals surface area contributed by atoms with Gasteiger partial charge in [0.25, 0.3) is 0 Å². The third kappa shape index (κ3) is 3.15. The summed E-state index contributed by atoms with van der Waals surface area (Å²) >= 11 is 0. The van der Waals surface area contributed by atoms with E-state index in [1.165, 1.54) is 5.56 Å². The summed E-state index contributed by atoms with van der Waals surface area (Å²) in [5, 5.41) is 0. The highest BCUT2D eigenvalue weighted by atomic mass is 16.6. The molecule has 0 N–H and O–H groups in total. The SMILES string of the molecule is C=C1C(=O)O[C@H]2c3c(C)c(OCc4cccc(OC)c4OC)cc(C)c3CC[C@@H]12. The van der Waals surface area contributed by atoms with Crippen LogP contribution in [0.5, 0.6) is 17.2 Å². The van der Waals surface area contributed by atoms with Crippen LogP contribution in [-0.2, 0) is 22.6 Å². The normalized spacial score (nSPS) is 20.0. The molecule has 2 atom stereocenters. The lowest BCUT2D eigenvalue weighted by Crippen LogP contribution is -2.20. The zero-order valence-electron chi connectivity index (χ0n) is 17.3. The van der Waals surface area contributed by atoms with Crippen molar-refractivity contribution in [3.05, 3.63) is 64.2 Å². The van der Waals surface area contributed by atoms with Gasteiger partial charge in [-0.15, -0.1) is 0 Å². The average molecular weight is 394 g/mol. The van der Waals surface area contributed by atoms with Crippen molar-refractivity contribution in [2.75, 3.05) is 14.2 Å². The minimum atomic E-state index is -0.280. The van der Waals surface area contributed by atoms with Crippen LogP contribution in [-0.4, -0.2) is 20.2 Å². The fourth-order valence-corrected chi connectivity index (χ4v) is 4.55. The largest absolute Gasteiger partial charge is 0.493 e. The standard InChI is InChI=1S/C24H26O5/c1-13-11-20(28-12-16-7-6-8-19(26-4)22(16)27-5)15(3)21-17(13)9-10-18-14(2)24(25)29-23(18)21/h6-8,11,18,23H,2,9-10,12H2,1,3-5H3/t18-,23+/m0/s1. The van der Waals surface area contributed by atoms with E-state index in [1.807, 2.05) is 25.1 Å². The molecule has 1 aliphatic carbocycles. The van der Waals surface area contributed by atoms with Crippen LogP contribution in [0.25, 0.3) is 0 Å². The van der Waals surface area contributed by atoms with Gasteiger partial charge in [0.2, 0.25) is 0 Å². The lowest BCUT2D eigenvalue weighted by atomic mass is 9.76. The van der Waals surface area contributed by atoms with Crippen LogP contribution in [0.2, 0.25) is 0 Å². The van der Waals surface area contributed by atoms with E-state index in [0.29, 0.717) is 23.7 Å². The fraction of sp³-hybridized carbons (Fsp3) is 0.375. The van der Waals surface area contributed by atoms with E-state index in [2.05, 4.69) is 19.6 Å². The zero-order valence-corrected chi connectivity index (χ0v) is 17.3. The van der Waals surface area contributed by atoms with E-state index in [4.69, 9.17) is 18.9 Å². The minimum Gasteiger partial charge on any atom is -0.493 e. The lowest BCUT2D eigenvalue weighted by Gasteiger charge is -2.30. The molecule has 4 rings (SSSR count). The molecular formula is C24H26O5. The van der Waals surface area contributed by atoms with Crippen LogP contribution in [0, 0.1) is 19.8 Å². The number of benzene rings is 2. The number of hydrogen-bond donors (Lipinski definition) is 0. The Labute approximate surface area is 171 Å². The van der Waals surface area contributed by atoms with Gasteiger partial charge in [-0.3, -0.25) is 0 Å². The fourth-order valence-electron chi connectivity index (χ4n) is 4.55. The first-order valence-electron chi connectivity index (χ1n) is 9.81. The number of aryl methyl sites for hydroxylation is 1. The van der Waals surface area contributed by atoms with Crippen LogP contribution in [0.3, 0.4) is 0 Å². The van der Waals surface area contributed by atoms with Crippen molar-refractivity contribution in [3.8, 4) is 17.2 Å². The predicted octanol–water partition coefficient (Wildman–Crippen LogP) is 4.62. The lowest BCUT2D eigenvalue weighted by molar-refractivity contribution is -0.139. The highest BCUT2D eigenvalue weighted by molar-refractivity contribution is 5.91. The summed E-state index contributed by atoms with van der Waals surface area (Å²) in [7, 11) is 3.24. The molecule has 5 nitrogen and oxygen atoms in total. The molecule has 1 aliphatic heterocycles. The van der Waals surface area contributed by atoms with Crippen LogP contribution in [0.15, 0.2) is 36.4 Å². The molecule has 152 valence electrons. The van der Waals surface area contributed by atoms with Gasteiger partial charge >= 0.3 is 5.97 Å². The van der Waals surface area contributed by atoms with E-state index in [1.54, 1.807) is 14.2 Å². The summed E-state index contributed by atoms with van der Waals surface area (Å²) in [6.45, 7) is 8.42. The molecule has 0 radical (unpaired) electrons. The number of methoxy groups -OCH3 is 2. The summed E-state index contributed by atoms with van der Waals surface area (Å²) in [6.07, 6.45) is 1.55. The van der Waals surface area contributed by atoms with Crippen LogP contribution in [0.1, 0.15) is 40.3 Å². The quantitative estimate of drug-likeness (QED) is 0.547. The Kier molecular flexibility index (Phi) is 4.99. The van der Waals surface area contributed by atoms with Gasteiger partial charge < -0.3 is 18.9 Å². The van der Waals surface area contributed by atoms with Crippen molar-refractivity contribution in [2.24, 2.45) is 5.92 Å². The molecule has 0 aromatic heterocycles. The third-order valence-corrected chi connectivity index (χ3v) is 6.09. The Morgan fingerprint density at radius 2 is 1.97 bits per heavy atom. The highest BCUT2D eigenvalue weighted by Gasteiger charge is 2.44. The second-order valence-corrected chi connectivity index (χ2v) is 7.65. The Morgan fingerprint density at radius 3 is 2.69 bits per heavy atom. The molecule has 0 bridgehead atoms.